The average Bonchev–Trinajstić information content (AvgIpc) is 2.90. The molecule has 0 heterocycles. The summed E-state index contributed by atoms with van der Waals surface area (Å²) in [5.74, 6) is -0.416. The number of carbonyl (C=O) groups is 3. The fourth-order valence-electron chi connectivity index (χ4n) is 2.65. The highest BCUT2D eigenvalue weighted by Crippen LogP contribution is 2.20. The highest BCUT2D eigenvalue weighted by Gasteiger charge is 2.33. The maximum Gasteiger partial charge on any atom is 0.407 e. The number of alkyl carbamates (subject to hydrolysis) is 1. The summed E-state index contributed by atoms with van der Waals surface area (Å²) < 4.78 is 4.56. The summed E-state index contributed by atoms with van der Waals surface area (Å²) in [6.07, 6.45) is 1.98. The van der Waals surface area contributed by atoms with Crippen molar-refractivity contribution in [3.63, 3.8) is 0 Å². The molecule has 3 N–H and O–H groups in total. The molecule has 1 aliphatic rings. The van der Waals surface area contributed by atoms with Crippen molar-refractivity contribution in [2.75, 3.05) is 7.11 Å². The standard InChI is InChI=1S/C16H29N3O4/c1-9(2)13(19-16(22)23-5)15(21)18-12-8-6-7-11(12)17-14(20)10(3)4/h9-13H,6-8H2,1-5H3,(H,17,20)(H,18,21)(H,19,22). The molecular weight excluding hydrogens is 298 g/mol. The van der Waals surface area contributed by atoms with Crippen molar-refractivity contribution in [3.8, 4) is 0 Å². The largest absolute Gasteiger partial charge is 0.453 e. The van der Waals surface area contributed by atoms with Crippen LogP contribution in [0.1, 0.15) is 47.0 Å². The van der Waals surface area contributed by atoms with Gasteiger partial charge in [-0.25, -0.2) is 4.79 Å². The number of rotatable bonds is 6. The molecule has 1 rings (SSSR count). The number of carbonyl (C=O) groups excluding carboxylic acids is 3. The average molecular weight is 327 g/mol. The predicted molar refractivity (Wildman–Crippen MR) is 86.7 cm³/mol. The molecule has 1 saturated carbocycles. The molecule has 3 atom stereocenters. The Labute approximate surface area is 137 Å². The van der Waals surface area contributed by atoms with Crippen molar-refractivity contribution >= 4 is 17.9 Å². The van der Waals surface area contributed by atoms with Crippen LogP contribution in [0.25, 0.3) is 0 Å². The van der Waals surface area contributed by atoms with E-state index in [0.29, 0.717) is 0 Å². The molecule has 0 aliphatic heterocycles. The van der Waals surface area contributed by atoms with Crippen molar-refractivity contribution < 1.29 is 19.1 Å². The minimum atomic E-state index is -0.662. The summed E-state index contributed by atoms with van der Waals surface area (Å²) in [6.45, 7) is 7.39. The molecule has 0 saturated heterocycles. The van der Waals surface area contributed by atoms with Gasteiger partial charge in [0.05, 0.1) is 7.11 Å². The lowest BCUT2D eigenvalue weighted by atomic mass is 10.0. The Hall–Kier alpha value is -1.79. The lowest BCUT2D eigenvalue weighted by molar-refractivity contribution is -0.127. The topological polar surface area (TPSA) is 96.5 Å². The van der Waals surface area contributed by atoms with Crippen LogP contribution in [0, 0.1) is 11.8 Å². The lowest BCUT2D eigenvalue weighted by Gasteiger charge is -2.27. The molecule has 7 nitrogen and oxygen atoms in total. The molecule has 0 aromatic heterocycles. The molecule has 132 valence electrons. The molecule has 7 heteroatoms. The second-order valence-electron chi connectivity index (χ2n) is 6.67. The maximum absolute atomic E-state index is 12.5. The molecule has 0 aromatic rings. The molecule has 0 bridgehead atoms. The number of nitrogens with one attached hydrogen (secondary N) is 3. The monoisotopic (exact) mass is 327 g/mol. The number of hydrogen-bond acceptors (Lipinski definition) is 4. The summed E-state index contributed by atoms with van der Waals surface area (Å²) in [7, 11) is 1.26. The van der Waals surface area contributed by atoms with Gasteiger partial charge in [0, 0.05) is 18.0 Å². The third-order valence-corrected chi connectivity index (χ3v) is 4.10. The molecule has 1 aliphatic carbocycles. The van der Waals surface area contributed by atoms with Gasteiger partial charge < -0.3 is 20.7 Å². The zero-order valence-corrected chi connectivity index (χ0v) is 14.6. The van der Waals surface area contributed by atoms with Crippen LogP contribution < -0.4 is 16.0 Å². The first-order chi connectivity index (χ1) is 10.8. The molecule has 23 heavy (non-hydrogen) atoms. The summed E-state index contributed by atoms with van der Waals surface area (Å²) in [5, 5.41) is 8.50. The van der Waals surface area contributed by atoms with Crippen molar-refractivity contribution in [2.24, 2.45) is 11.8 Å². The molecule has 0 radical (unpaired) electrons. The van der Waals surface area contributed by atoms with Crippen molar-refractivity contribution in [3.05, 3.63) is 0 Å². The number of amides is 3. The van der Waals surface area contributed by atoms with Gasteiger partial charge in [0.1, 0.15) is 6.04 Å². The number of methoxy groups -OCH3 is 1. The Morgan fingerprint density at radius 1 is 0.957 bits per heavy atom. The molecule has 3 unspecified atom stereocenters. The van der Waals surface area contributed by atoms with Gasteiger partial charge in [-0.05, 0) is 25.2 Å². The highest BCUT2D eigenvalue weighted by atomic mass is 16.5. The third kappa shape index (κ3) is 5.73. The zero-order chi connectivity index (χ0) is 17.6. The first-order valence-electron chi connectivity index (χ1n) is 8.21. The Bertz CT molecular complexity index is 437. The van der Waals surface area contributed by atoms with Crippen LogP contribution in [0.4, 0.5) is 4.79 Å². The second-order valence-corrected chi connectivity index (χ2v) is 6.67. The van der Waals surface area contributed by atoms with Crippen LogP contribution in [-0.4, -0.2) is 43.1 Å². The van der Waals surface area contributed by atoms with Gasteiger partial charge in [0.2, 0.25) is 11.8 Å². The minimum absolute atomic E-state index is 0.00996. The molecular formula is C16H29N3O4. The van der Waals surface area contributed by atoms with Crippen LogP contribution >= 0.6 is 0 Å². The molecule has 0 spiro atoms. The first kappa shape index (κ1) is 19.3. The van der Waals surface area contributed by atoms with Gasteiger partial charge in [-0.15, -0.1) is 0 Å². The lowest BCUT2D eigenvalue weighted by Crippen LogP contribution is -2.56. The van der Waals surface area contributed by atoms with Crippen LogP contribution in [0.3, 0.4) is 0 Å². The SMILES string of the molecule is COC(=O)NC(C(=O)NC1CCCC1NC(=O)C(C)C)C(C)C. The van der Waals surface area contributed by atoms with Crippen LogP contribution in [0.15, 0.2) is 0 Å². The van der Waals surface area contributed by atoms with E-state index in [1.165, 1.54) is 7.11 Å². The number of ether oxygens (including phenoxy) is 1. The second kappa shape index (κ2) is 8.74. The third-order valence-electron chi connectivity index (χ3n) is 4.10. The van der Waals surface area contributed by atoms with E-state index in [2.05, 4.69) is 20.7 Å². The van der Waals surface area contributed by atoms with Gasteiger partial charge in [0.25, 0.3) is 0 Å². The smallest absolute Gasteiger partial charge is 0.407 e. The van der Waals surface area contributed by atoms with E-state index < -0.39 is 12.1 Å². The van der Waals surface area contributed by atoms with E-state index in [-0.39, 0.29) is 35.7 Å². The highest BCUT2D eigenvalue weighted by molar-refractivity contribution is 5.86. The quantitative estimate of drug-likeness (QED) is 0.682. The fourth-order valence-corrected chi connectivity index (χ4v) is 2.65. The zero-order valence-electron chi connectivity index (χ0n) is 14.6. The summed E-state index contributed by atoms with van der Waals surface area (Å²) in [5.41, 5.74) is 0. The van der Waals surface area contributed by atoms with Crippen molar-refractivity contribution in [1.29, 1.82) is 0 Å². The van der Waals surface area contributed by atoms with Gasteiger partial charge >= 0.3 is 6.09 Å². The summed E-state index contributed by atoms with van der Waals surface area (Å²) in [6, 6.07) is -0.824. The Balaban J connectivity index is 2.65. The fraction of sp³-hybridized carbons (Fsp3) is 0.812. The van der Waals surface area contributed by atoms with E-state index in [1.54, 1.807) is 0 Å². The van der Waals surface area contributed by atoms with Crippen LogP contribution in [0.5, 0.6) is 0 Å². The van der Waals surface area contributed by atoms with Crippen molar-refractivity contribution in [1.82, 2.24) is 16.0 Å². The molecule has 1 fully saturated rings. The van der Waals surface area contributed by atoms with E-state index in [9.17, 15) is 14.4 Å². The normalized spacial score (nSPS) is 21.9. The Kier molecular flexibility index (Phi) is 7.32. The van der Waals surface area contributed by atoms with E-state index in [1.807, 2.05) is 27.7 Å². The van der Waals surface area contributed by atoms with E-state index >= 15 is 0 Å². The maximum atomic E-state index is 12.5. The van der Waals surface area contributed by atoms with Crippen LogP contribution in [-0.2, 0) is 14.3 Å². The summed E-state index contributed by atoms with van der Waals surface area (Å²) >= 11 is 0. The first-order valence-corrected chi connectivity index (χ1v) is 8.21. The van der Waals surface area contributed by atoms with E-state index in [0.717, 1.165) is 19.3 Å². The van der Waals surface area contributed by atoms with Crippen molar-refractivity contribution in [2.45, 2.75) is 65.1 Å². The van der Waals surface area contributed by atoms with Crippen LogP contribution in [0.2, 0.25) is 0 Å². The van der Waals surface area contributed by atoms with Gasteiger partial charge in [-0.2, -0.15) is 0 Å². The summed E-state index contributed by atoms with van der Waals surface area (Å²) in [4.78, 5) is 35.7. The van der Waals surface area contributed by atoms with E-state index in [4.69, 9.17) is 0 Å². The molecule has 3 amide bonds. The molecule has 0 aromatic carbocycles. The van der Waals surface area contributed by atoms with Gasteiger partial charge in [-0.3, -0.25) is 9.59 Å². The Morgan fingerprint density at radius 3 is 1.91 bits per heavy atom. The van der Waals surface area contributed by atoms with Gasteiger partial charge in [-0.1, -0.05) is 27.7 Å². The predicted octanol–water partition coefficient (Wildman–Crippen LogP) is 1.18. The Morgan fingerprint density at radius 2 is 1.48 bits per heavy atom. The number of hydrogen-bond donors (Lipinski definition) is 3. The van der Waals surface area contributed by atoms with Gasteiger partial charge in [0.15, 0.2) is 0 Å². The minimum Gasteiger partial charge on any atom is -0.453 e.